The van der Waals surface area contributed by atoms with Crippen LogP contribution in [-0.4, -0.2) is 25.5 Å². The first kappa shape index (κ1) is 17.8. The predicted molar refractivity (Wildman–Crippen MR) is 100 cm³/mol. The van der Waals surface area contributed by atoms with Crippen molar-refractivity contribution in [3.63, 3.8) is 0 Å². The Kier molecular flexibility index (Phi) is 4.85. The van der Waals surface area contributed by atoms with Gasteiger partial charge in [-0.2, -0.15) is 5.26 Å². The minimum Gasteiger partial charge on any atom is -0.486 e. The molecule has 5 nitrogen and oxygen atoms in total. The van der Waals surface area contributed by atoms with E-state index >= 15 is 0 Å². The molecule has 0 saturated heterocycles. The molecule has 1 heterocycles. The number of rotatable bonds is 5. The Morgan fingerprint density at radius 2 is 1.88 bits per heavy atom. The first-order valence-electron chi connectivity index (χ1n) is 8.60. The summed E-state index contributed by atoms with van der Waals surface area (Å²) in [5, 5.41) is 12.7. The summed E-state index contributed by atoms with van der Waals surface area (Å²) in [7, 11) is 0. The van der Waals surface area contributed by atoms with Gasteiger partial charge in [0, 0.05) is 17.5 Å². The van der Waals surface area contributed by atoms with E-state index in [1.807, 2.05) is 18.2 Å². The van der Waals surface area contributed by atoms with Crippen LogP contribution in [0.25, 0.3) is 0 Å². The van der Waals surface area contributed by atoms with Crippen LogP contribution in [-0.2, 0) is 5.41 Å². The third-order valence-corrected chi connectivity index (χ3v) is 4.59. The van der Waals surface area contributed by atoms with Crippen LogP contribution in [0.4, 0.5) is 5.69 Å². The van der Waals surface area contributed by atoms with Gasteiger partial charge in [0.05, 0.1) is 11.3 Å². The molecule has 0 amide bonds. The van der Waals surface area contributed by atoms with Crippen LogP contribution in [0.3, 0.4) is 0 Å². The van der Waals surface area contributed by atoms with Crippen LogP contribution in [0.5, 0.6) is 11.5 Å². The molecule has 0 atom stereocenters. The molecule has 0 bridgehead atoms. The van der Waals surface area contributed by atoms with Gasteiger partial charge >= 0.3 is 0 Å². The molecule has 1 aliphatic heterocycles. The monoisotopic (exact) mass is 350 g/mol. The topological polar surface area (TPSA) is 71.4 Å². The number of ketones is 1. The molecule has 0 unspecified atom stereocenters. The van der Waals surface area contributed by atoms with E-state index in [4.69, 9.17) is 9.47 Å². The van der Waals surface area contributed by atoms with Gasteiger partial charge in [0.25, 0.3) is 0 Å². The Bertz CT molecular complexity index is 881. The maximum Gasteiger partial charge on any atom is 0.161 e. The zero-order valence-electron chi connectivity index (χ0n) is 15.3. The first-order chi connectivity index (χ1) is 12.4. The SMILES string of the molecule is CC(=O)c1ccc(C#N)c(NCC(C)(C)c2ccc3c(c2)OCCO3)c1. The zero-order valence-corrected chi connectivity index (χ0v) is 15.3. The van der Waals surface area contributed by atoms with E-state index in [2.05, 4.69) is 25.2 Å². The molecule has 2 aromatic rings. The van der Waals surface area contributed by atoms with E-state index < -0.39 is 0 Å². The van der Waals surface area contributed by atoms with E-state index in [0.717, 1.165) is 17.1 Å². The lowest BCUT2D eigenvalue weighted by Gasteiger charge is -2.28. The fraction of sp³-hybridized carbons (Fsp3) is 0.333. The van der Waals surface area contributed by atoms with Gasteiger partial charge in [-0.3, -0.25) is 4.79 Å². The number of hydrogen-bond acceptors (Lipinski definition) is 5. The van der Waals surface area contributed by atoms with Crippen LogP contribution in [0.1, 0.15) is 42.3 Å². The minimum absolute atomic E-state index is 0.0244. The van der Waals surface area contributed by atoms with Crippen LogP contribution in [0, 0.1) is 11.3 Å². The molecule has 5 heteroatoms. The van der Waals surface area contributed by atoms with Crippen LogP contribution in [0.2, 0.25) is 0 Å². The van der Waals surface area contributed by atoms with Crippen molar-refractivity contribution < 1.29 is 14.3 Å². The number of anilines is 1. The molecule has 134 valence electrons. The fourth-order valence-electron chi connectivity index (χ4n) is 2.89. The lowest BCUT2D eigenvalue weighted by atomic mass is 9.84. The number of nitrogens with zero attached hydrogens (tertiary/aromatic N) is 1. The lowest BCUT2D eigenvalue weighted by Crippen LogP contribution is -2.28. The van der Waals surface area contributed by atoms with Crippen molar-refractivity contribution in [2.45, 2.75) is 26.2 Å². The Labute approximate surface area is 153 Å². The van der Waals surface area contributed by atoms with Gasteiger partial charge < -0.3 is 14.8 Å². The summed E-state index contributed by atoms with van der Waals surface area (Å²) in [5.41, 5.74) is 2.67. The number of ether oxygens (including phenoxy) is 2. The van der Waals surface area contributed by atoms with Crippen LogP contribution < -0.4 is 14.8 Å². The van der Waals surface area contributed by atoms with E-state index in [9.17, 15) is 10.1 Å². The van der Waals surface area contributed by atoms with Crippen molar-refractivity contribution in [2.24, 2.45) is 0 Å². The molecule has 0 saturated carbocycles. The molecular weight excluding hydrogens is 328 g/mol. The maximum atomic E-state index is 11.6. The number of nitriles is 1. The highest BCUT2D eigenvalue weighted by atomic mass is 16.6. The lowest BCUT2D eigenvalue weighted by molar-refractivity contribution is 0.101. The molecule has 2 aromatic carbocycles. The molecule has 0 aliphatic carbocycles. The number of nitrogens with one attached hydrogen (secondary N) is 1. The number of Topliss-reactive ketones (excluding diaryl/α,β-unsaturated/α-hetero) is 1. The van der Waals surface area contributed by atoms with Gasteiger partial charge in [-0.15, -0.1) is 0 Å². The zero-order chi connectivity index (χ0) is 18.7. The normalized spacial score (nSPS) is 13.0. The molecule has 0 fully saturated rings. The molecule has 0 aromatic heterocycles. The second-order valence-electron chi connectivity index (χ2n) is 7.02. The minimum atomic E-state index is -0.214. The smallest absolute Gasteiger partial charge is 0.161 e. The summed E-state index contributed by atoms with van der Waals surface area (Å²) in [6.07, 6.45) is 0. The Morgan fingerprint density at radius 3 is 2.58 bits per heavy atom. The molecule has 0 spiro atoms. The van der Waals surface area contributed by atoms with Crippen LogP contribution in [0.15, 0.2) is 36.4 Å². The summed E-state index contributed by atoms with van der Waals surface area (Å²) in [6, 6.07) is 13.2. The van der Waals surface area contributed by atoms with Crippen molar-refractivity contribution in [1.29, 1.82) is 5.26 Å². The number of carbonyl (C=O) groups excluding carboxylic acids is 1. The average molecular weight is 350 g/mol. The third kappa shape index (κ3) is 3.65. The van der Waals surface area contributed by atoms with Crippen molar-refractivity contribution in [1.82, 2.24) is 0 Å². The maximum absolute atomic E-state index is 11.6. The molecular formula is C21H22N2O3. The molecule has 1 aliphatic rings. The molecule has 3 rings (SSSR count). The number of fused-ring (bicyclic) bond motifs is 1. The summed E-state index contributed by atoms with van der Waals surface area (Å²) in [5.74, 6) is 1.51. The van der Waals surface area contributed by atoms with E-state index in [-0.39, 0.29) is 11.2 Å². The molecule has 0 radical (unpaired) electrons. The van der Waals surface area contributed by atoms with Crippen LogP contribution >= 0.6 is 0 Å². The molecule has 1 N–H and O–H groups in total. The van der Waals surface area contributed by atoms with Gasteiger partial charge in [0.1, 0.15) is 19.3 Å². The molecule has 26 heavy (non-hydrogen) atoms. The summed E-state index contributed by atoms with van der Waals surface area (Å²) in [6.45, 7) is 7.48. The Balaban J connectivity index is 1.81. The highest BCUT2D eigenvalue weighted by Gasteiger charge is 2.24. The second kappa shape index (κ2) is 7.09. The van der Waals surface area contributed by atoms with Gasteiger partial charge in [-0.1, -0.05) is 19.9 Å². The van der Waals surface area contributed by atoms with Gasteiger partial charge in [-0.05, 0) is 42.8 Å². The van der Waals surface area contributed by atoms with Gasteiger partial charge in [0.2, 0.25) is 0 Å². The third-order valence-electron chi connectivity index (χ3n) is 4.59. The van der Waals surface area contributed by atoms with Crippen molar-refractivity contribution in [3.8, 4) is 17.6 Å². The Morgan fingerprint density at radius 1 is 1.15 bits per heavy atom. The standard InChI is InChI=1S/C21H22N2O3/c1-14(24)15-4-5-16(12-22)18(10-15)23-13-21(2,3)17-6-7-19-20(11-17)26-9-8-25-19/h4-7,10-11,23H,8-9,13H2,1-3H3. The van der Waals surface area contributed by atoms with Gasteiger partial charge in [0.15, 0.2) is 17.3 Å². The average Bonchev–Trinajstić information content (AvgIpc) is 2.65. The van der Waals surface area contributed by atoms with Crippen molar-refractivity contribution >= 4 is 11.5 Å². The largest absolute Gasteiger partial charge is 0.486 e. The summed E-state index contributed by atoms with van der Waals surface area (Å²) in [4.78, 5) is 11.6. The highest BCUT2D eigenvalue weighted by molar-refractivity contribution is 5.95. The van der Waals surface area contributed by atoms with E-state index in [1.165, 1.54) is 6.92 Å². The second-order valence-corrected chi connectivity index (χ2v) is 7.02. The van der Waals surface area contributed by atoms with E-state index in [0.29, 0.717) is 36.6 Å². The van der Waals surface area contributed by atoms with E-state index in [1.54, 1.807) is 18.2 Å². The number of carbonyl (C=O) groups is 1. The van der Waals surface area contributed by atoms with Crippen molar-refractivity contribution in [2.75, 3.05) is 25.1 Å². The Hall–Kier alpha value is -3.00. The quantitative estimate of drug-likeness (QED) is 0.828. The first-order valence-corrected chi connectivity index (χ1v) is 8.60. The number of hydrogen-bond donors (Lipinski definition) is 1. The number of benzene rings is 2. The van der Waals surface area contributed by atoms with Crippen molar-refractivity contribution in [3.05, 3.63) is 53.1 Å². The fourth-order valence-corrected chi connectivity index (χ4v) is 2.89. The van der Waals surface area contributed by atoms with Gasteiger partial charge in [-0.25, -0.2) is 0 Å². The highest BCUT2D eigenvalue weighted by Crippen LogP contribution is 2.35. The summed E-state index contributed by atoms with van der Waals surface area (Å²) >= 11 is 0. The summed E-state index contributed by atoms with van der Waals surface area (Å²) < 4.78 is 11.3. The predicted octanol–water partition coefficient (Wildman–Crippen LogP) is 3.92.